The lowest BCUT2D eigenvalue weighted by Crippen LogP contribution is -2.42. The summed E-state index contributed by atoms with van der Waals surface area (Å²) in [6, 6.07) is 10.9. The highest BCUT2D eigenvalue weighted by atomic mass is 35.5. The second-order valence-corrected chi connectivity index (χ2v) is 12.0. The highest BCUT2D eigenvalue weighted by molar-refractivity contribution is 7.91. The predicted octanol–water partition coefficient (Wildman–Crippen LogP) is 4.54. The van der Waals surface area contributed by atoms with E-state index in [0.717, 1.165) is 22.6 Å². The van der Waals surface area contributed by atoms with Crippen LogP contribution in [-0.2, 0) is 21.4 Å². The zero-order chi connectivity index (χ0) is 22.6. The van der Waals surface area contributed by atoms with Gasteiger partial charge in [-0.05, 0) is 62.4 Å². The number of hydrogen-bond acceptors (Lipinski definition) is 5. The van der Waals surface area contributed by atoms with E-state index in [2.05, 4.69) is 5.32 Å². The van der Waals surface area contributed by atoms with E-state index in [1.54, 1.807) is 12.1 Å². The summed E-state index contributed by atoms with van der Waals surface area (Å²) in [5, 5.41) is 3.00. The molecule has 31 heavy (non-hydrogen) atoms. The Kier molecular flexibility index (Phi) is 8.02. The van der Waals surface area contributed by atoms with Crippen molar-refractivity contribution in [3.8, 4) is 5.75 Å². The van der Waals surface area contributed by atoms with Gasteiger partial charge in [-0.3, -0.25) is 4.79 Å². The van der Waals surface area contributed by atoms with Crippen molar-refractivity contribution in [3.05, 3.63) is 46.3 Å². The van der Waals surface area contributed by atoms with Crippen LogP contribution in [0.5, 0.6) is 5.75 Å². The molecule has 1 fully saturated rings. The third-order valence-corrected chi connectivity index (χ3v) is 9.12. The van der Waals surface area contributed by atoms with Crippen LogP contribution in [0.1, 0.15) is 39.2 Å². The van der Waals surface area contributed by atoms with E-state index in [0.29, 0.717) is 36.8 Å². The number of nitrogens with zero attached hydrogens (tertiary/aromatic N) is 1. The van der Waals surface area contributed by atoms with Crippen molar-refractivity contribution in [3.63, 3.8) is 0 Å². The number of carbonyl (C=O) groups is 1. The zero-order valence-corrected chi connectivity index (χ0v) is 20.4. The van der Waals surface area contributed by atoms with Crippen LogP contribution >= 0.6 is 22.9 Å². The number of rotatable bonds is 8. The van der Waals surface area contributed by atoms with Gasteiger partial charge in [0, 0.05) is 25.6 Å². The smallest absolute Gasteiger partial charge is 0.252 e. The van der Waals surface area contributed by atoms with Gasteiger partial charge in [-0.15, -0.1) is 11.3 Å². The number of carbonyl (C=O) groups excluding carboxylic acids is 1. The van der Waals surface area contributed by atoms with Gasteiger partial charge >= 0.3 is 0 Å². The monoisotopic (exact) mass is 484 g/mol. The van der Waals surface area contributed by atoms with Gasteiger partial charge in [0.05, 0.1) is 10.4 Å². The van der Waals surface area contributed by atoms with Crippen molar-refractivity contribution >= 4 is 38.9 Å². The Morgan fingerprint density at radius 2 is 1.81 bits per heavy atom. The minimum absolute atomic E-state index is 0.00569. The molecule has 6 nitrogen and oxygen atoms in total. The first-order valence-electron chi connectivity index (χ1n) is 10.5. The van der Waals surface area contributed by atoms with Crippen LogP contribution in [-0.4, -0.2) is 37.8 Å². The molecular formula is C22H29ClN2O4S2. The second-order valence-electron chi connectivity index (χ2n) is 8.12. The molecule has 0 radical (unpaired) electrons. The number of benzene rings is 1. The first kappa shape index (κ1) is 24.0. The number of thiophene rings is 1. The molecule has 170 valence electrons. The van der Waals surface area contributed by atoms with E-state index in [9.17, 15) is 13.2 Å². The SMILES string of the molecule is CC(C)Oc1ccc(CNC(=O)C(C)C2CCN(S(=O)(=O)c3ccc(Cl)s3)CC2)cc1. The van der Waals surface area contributed by atoms with Gasteiger partial charge in [-0.25, -0.2) is 8.42 Å². The highest BCUT2D eigenvalue weighted by Gasteiger charge is 2.34. The van der Waals surface area contributed by atoms with Gasteiger partial charge in [0.25, 0.3) is 10.0 Å². The van der Waals surface area contributed by atoms with Crippen LogP contribution < -0.4 is 10.1 Å². The summed E-state index contributed by atoms with van der Waals surface area (Å²) in [6.45, 7) is 7.16. The van der Waals surface area contributed by atoms with E-state index < -0.39 is 10.0 Å². The standard InChI is InChI=1S/C22H29ClN2O4S2/c1-15(2)29-19-6-4-17(5-7-19)14-24-22(26)16(3)18-10-12-25(13-11-18)31(27,28)21-9-8-20(23)30-21/h4-9,15-16,18H,10-14H2,1-3H3,(H,24,26). The topological polar surface area (TPSA) is 75.7 Å². The van der Waals surface area contributed by atoms with Crippen LogP contribution in [0.15, 0.2) is 40.6 Å². The van der Waals surface area contributed by atoms with Crippen molar-refractivity contribution in [2.24, 2.45) is 11.8 Å². The maximum Gasteiger partial charge on any atom is 0.252 e. The molecule has 1 atom stereocenters. The van der Waals surface area contributed by atoms with Gasteiger partial charge in [-0.1, -0.05) is 30.7 Å². The fraction of sp³-hybridized carbons (Fsp3) is 0.500. The molecule has 1 N–H and O–H groups in total. The maximum absolute atomic E-state index is 12.7. The van der Waals surface area contributed by atoms with E-state index in [1.165, 1.54) is 4.31 Å². The molecule has 1 saturated heterocycles. The van der Waals surface area contributed by atoms with Crippen molar-refractivity contribution in [2.75, 3.05) is 13.1 Å². The first-order chi connectivity index (χ1) is 14.7. The van der Waals surface area contributed by atoms with E-state index >= 15 is 0 Å². The molecule has 1 aromatic carbocycles. The Labute approximate surface area is 193 Å². The van der Waals surface area contributed by atoms with Gasteiger partial charge in [-0.2, -0.15) is 4.31 Å². The number of amides is 1. The molecule has 1 aliphatic rings. The molecule has 3 rings (SSSR count). The minimum atomic E-state index is -3.51. The highest BCUT2D eigenvalue weighted by Crippen LogP contribution is 2.32. The van der Waals surface area contributed by atoms with Crippen molar-refractivity contribution in [1.82, 2.24) is 9.62 Å². The largest absolute Gasteiger partial charge is 0.491 e. The van der Waals surface area contributed by atoms with Crippen LogP contribution in [0, 0.1) is 11.8 Å². The second kappa shape index (κ2) is 10.3. The van der Waals surface area contributed by atoms with Gasteiger partial charge in [0.1, 0.15) is 9.96 Å². The Morgan fingerprint density at radius 3 is 2.35 bits per heavy atom. The maximum atomic E-state index is 12.7. The van der Waals surface area contributed by atoms with Gasteiger partial charge in [0.15, 0.2) is 0 Å². The summed E-state index contributed by atoms with van der Waals surface area (Å²) in [4.78, 5) is 12.7. The molecule has 1 aromatic heterocycles. The summed E-state index contributed by atoms with van der Waals surface area (Å²) in [5.41, 5.74) is 1.01. The summed E-state index contributed by atoms with van der Waals surface area (Å²) >= 11 is 6.96. The molecule has 2 aromatic rings. The lowest BCUT2D eigenvalue weighted by atomic mass is 9.85. The normalized spacial score (nSPS) is 16.9. The first-order valence-corrected chi connectivity index (χ1v) is 13.1. The Morgan fingerprint density at radius 1 is 1.16 bits per heavy atom. The van der Waals surface area contributed by atoms with E-state index in [1.807, 2.05) is 45.0 Å². The lowest BCUT2D eigenvalue weighted by molar-refractivity contribution is -0.126. The molecular weight excluding hydrogens is 456 g/mol. The Bertz CT molecular complexity index is 981. The van der Waals surface area contributed by atoms with Gasteiger partial charge < -0.3 is 10.1 Å². The minimum Gasteiger partial charge on any atom is -0.491 e. The molecule has 9 heteroatoms. The fourth-order valence-electron chi connectivity index (χ4n) is 3.70. The van der Waals surface area contributed by atoms with E-state index in [-0.39, 0.29) is 28.1 Å². The third kappa shape index (κ3) is 6.22. The number of nitrogens with one attached hydrogen (secondary N) is 1. The number of piperidine rings is 1. The fourth-order valence-corrected chi connectivity index (χ4v) is 6.81. The summed E-state index contributed by atoms with van der Waals surface area (Å²) in [5.74, 6) is 0.781. The van der Waals surface area contributed by atoms with Crippen molar-refractivity contribution < 1.29 is 17.9 Å². The Hall–Kier alpha value is -1.61. The summed E-state index contributed by atoms with van der Waals surface area (Å²) in [7, 11) is -3.51. The average Bonchev–Trinajstić information content (AvgIpc) is 3.19. The summed E-state index contributed by atoms with van der Waals surface area (Å²) < 4.78 is 33.3. The van der Waals surface area contributed by atoms with Crippen LogP contribution in [0.3, 0.4) is 0 Å². The molecule has 1 unspecified atom stereocenters. The lowest BCUT2D eigenvalue weighted by Gasteiger charge is -2.33. The van der Waals surface area contributed by atoms with E-state index in [4.69, 9.17) is 16.3 Å². The van der Waals surface area contributed by atoms with Crippen LogP contribution in [0.25, 0.3) is 0 Å². The number of halogens is 1. The molecule has 1 aliphatic heterocycles. The molecule has 0 bridgehead atoms. The molecule has 0 aliphatic carbocycles. The molecule has 0 saturated carbocycles. The Balaban J connectivity index is 1.48. The third-order valence-electron chi connectivity index (χ3n) is 5.52. The van der Waals surface area contributed by atoms with Crippen LogP contribution in [0.2, 0.25) is 4.34 Å². The zero-order valence-electron chi connectivity index (χ0n) is 18.0. The number of sulfonamides is 1. The number of hydrogen-bond donors (Lipinski definition) is 1. The number of ether oxygens (including phenoxy) is 1. The predicted molar refractivity (Wildman–Crippen MR) is 124 cm³/mol. The van der Waals surface area contributed by atoms with Crippen molar-refractivity contribution in [2.45, 2.75) is 50.5 Å². The average molecular weight is 485 g/mol. The summed E-state index contributed by atoms with van der Waals surface area (Å²) in [6.07, 6.45) is 1.44. The quantitative estimate of drug-likeness (QED) is 0.596. The van der Waals surface area contributed by atoms with Crippen LogP contribution in [0.4, 0.5) is 0 Å². The molecule has 2 heterocycles. The van der Waals surface area contributed by atoms with Gasteiger partial charge in [0.2, 0.25) is 5.91 Å². The molecule has 0 spiro atoms. The van der Waals surface area contributed by atoms with Crippen molar-refractivity contribution in [1.29, 1.82) is 0 Å². The molecule has 1 amide bonds.